The average Bonchev–Trinajstić information content (AvgIpc) is 3.29. The first-order valence-electron chi connectivity index (χ1n) is 11.9. The van der Waals surface area contributed by atoms with E-state index in [0.717, 1.165) is 21.7 Å². The summed E-state index contributed by atoms with van der Waals surface area (Å²) in [5, 5.41) is 0. The number of carbonyl (C=O) groups excluding carboxylic acids is 3. The summed E-state index contributed by atoms with van der Waals surface area (Å²) < 4.78 is 1.71. The van der Waals surface area contributed by atoms with Crippen LogP contribution in [0, 0.1) is 12.8 Å². The van der Waals surface area contributed by atoms with Crippen molar-refractivity contribution >= 4 is 29.5 Å². The molecule has 2 N–H and O–H groups in total. The molecule has 0 radical (unpaired) electrons. The fourth-order valence-electron chi connectivity index (χ4n) is 4.69. The van der Waals surface area contributed by atoms with Gasteiger partial charge in [0.25, 0.3) is 5.91 Å². The van der Waals surface area contributed by atoms with Gasteiger partial charge in [0, 0.05) is 51.0 Å². The second kappa shape index (κ2) is 10.3. The van der Waals surface area contributed by atoms with E-state index in [-0.39, 0.29) is 36.5 Å². The molecule has 4 heterocycles. The molecule has 1 fully saturated rings. The largest absolute Gasteiger partial charge is 0.384 e. The average molecular weight is 490 g/mol. The van der Waals surface area contributed by atoms with E-state index in [9.17, 15) is 14.4 Å². The number of likely N-dealkylation sites (tertiary alicyclic amines) is 1. The topological polar surface area (TPSA) is 127 Å². The van der Waals surface area contributed by atoms with Crippen molar-refractivity contribution in [3.8, 4) is 0 Å². The molecule has 3 aromatic heterocycles. The van der Waals surface area contributed by atoms with Crippen molar-refractivity contribution < 1.29 is 14.4 Å². The van der Waals surface area contributed by atoms with Gasteiger partial charge in [-0.05, 0) is 55.0 Å². The van der Waals surface area contributed by atoms with Gasteiger partial charge in [-0.15, -0.1) is 0 Å². The first-order valence-corrected chi connectivity index (χ1v) is 11.9. The summed E-state index contributed by atoms with van der Waals surface area (Å²) in [5.41, 5.74) is 8.41. The number of β-lactam (4-membered cyclic amide) rings is 1. The number of anilines is 2. The predicted molar refractivity (Wildman–Crippen MR) is 135 cm³/mol. The Morgan fingerprint density at radius 2 is 1.94 bits per heavy atom. The van der Waals surface area contributed by atoms with Gasteiger partial charge in [-0.1, -0.05) is 13.0 Å². The van der Waals surface area contributed by atoms with Crippen molar-refractivity contribution in [2.24, 2.45) is 13.0 Å². The minimum absolute atomic E-state index is 0.109. The maximum atomic E-state index is 13.6. The molecule has 0 saturated carbocycles. The molecule has 188 valence electrons. The lowest BCUT2D eigenvalue weighted by Gasteiger charge is -2.46. The van der Waals surface area contributed by atoms with Gasteiger partial charge in [0.15, 0.2) is 0 Å². The van der Waals surface area contributed by atoms with Crippen molar-refractivity contribution in [2.75, 3.05) is 17.7 Å². The van der Waals surface area contributed by atoms with Gasteiger partial charge in [-0.25, -0.2) is 9.97 Å². The Kier molecular flexibility index (Phi) is 7.14. The summed E-state index contributed by atoms with van der Waals surface area (Å²) >= 11 is 0. The number of nitrogen functional groups attached to an aromatic ring is 1. The maximum Gasteiger partial charge on any atom is 0.253 e. The van der Waals surface area contributed by atoms with E-state index < -0.39 is 12.0 Å². The number of likely N-dealkylation sites (N-methyl/N-ethyl adjacent to an activating group) is 1. The molecule has 0 bridgehead atoms. The number of imidazole rings is 1. The van der Waals surface area contributed by atoms with Crippen LogP contribution in [-0.2, 0) is 27.9 Å². The highest BCUT2D eigenvalue weighted by Crippen LogP contribution is 2.35. The van der Waals surface area contributed by atoms with E-state index in [1.807, 2.05) is 26.0 Å². The number of amides is 3. The van der Waals surface area contributed by atoms with E-state index in [1.54, 1.807) is 55.6 Å². The zero-order valence-electron chi connectivity index (χ0n) is 21.0. The summed E-state index contributed by atoms with van der Waals surface area (Å²) in [7, 11) is 3.38. The fraction of sp³-hybridized carbons (Fsp3) is 0.385. The molecule has 4 rings (SSSR count). The number of rotatable bonds is 8. The van der Waals surface area contributed by atoms with Crippen LogP contribution in [0.15, 0.2) is 49.1 Å². The minimum Gasteiger partial charge on any atom is -0.384 e. The Labute approximate surface area is 210 Å². The zero-order valence-corrected chi connectivity index (χ0v) is 21.0. The number of aromatic nitrogens is 4. The third-order valence-electron chi connectivity index (χ3n) is 6.78. The number of carbonyl (C=O) groups is 3. The summed E-state index contributed by atoms with van der Waals surface area (Å²) in [5.74, 6) is -1.14. The fourth-order valence-corrected chi connectivity index (χ4v) is 4.69. The SMILES string of the molecule is CC[C@@H](CC(=O)N1C(=O)[C@H](Cc2ccnc(N)c2)[C@H]1C(=O)N(C)c1nccn1C)c1ccc(C)nc1. The monoisotopic (exact) mass is 489 g/mol. The van der Waals surface area contributed by atoms with Crippen molar-refractivity contribution in [3.05, 3.63) is 65.9 Å². The number of hydrogen-bond donors (Lipinski definition) is 1. The summed E-state index contributed by atoms with van der Waals surface area (Å²) in [6.45, 7) is 3.89. The molecule has 3 aromatic rings. The third-order valence-corrected chi connectivity index (χ3v) is 6.78. The van der Waals surface area contributed by atoms with E-state index in [1.165, 1.54) is 4.90 Å². The Morgan fingerprint density at radius 1 is 1.17 bits per heavy atom. The van der Waals surface area contributed by atoms with Crippen molar-refractivity contribution in [2.45, 2.75) is 45.1 Å². The van der Waals surface area contributed by atoms with Crippen molar-refractivity contribution in [1.82, 2.24) is 24.4 Å². The molecule has 1 saturated heterocycles. The lowest BCUT2D eigenvalue weighted by atomic mass is 9.80. The van der Waals surface area contributed by atoms with E-state index in [0.29, 0.717) is 18.2 Å². The summed E-state index contributed by atoms with van der Waals surface area (Å²) in [4.78, 5) is 55.5. The molecular formula is C26H31N7O3. The molecule has 10 nitrogen and oxygen atoms in total. The summed E-state index contributed by atoms with van der Waals surface area (Å²) in [6, 6.07) is 6.36. The van der Waals surface area contributed by atoms with Gasteiger partial charge in [0.05, 0.1) is 5.92 Å². The molecule has 10 heteroatoms. The normalized spacial score (nSPS) is 18.0. The lowest BCUT2D eigenvalue weighted by molar-refractivity contribution is -0.170. The second-order valence-electron chi connectivity index (χ2n) is 9.22. The van der Waals surface area contributed by atoms with Crippen molar-refractivity contribution in [3.63, 3.8) is 0 Å². The van der Waals surface area contributed by atoms with Gasteiger partial charge < -0.3 is 10.3 Å². The lowest BCUT2D eigenvalue weighted by Crippen LogP contribution is -2.69. The van der Waals surface area contributed by atoms with Crippen LogP contribution in [0.5, 0.6) is 0 Å². The van der Waals surface area contributed by atoms with E-state index in [2.05, 4.69) is 15.0 Å². The highest BCUT2D eigenvalue weighted by atomic mass is 16.2. The van der Waals surface area contributed by atoms with Crippen LogP contribution in [0.4, 0.5) is 11.8 Å². The Hall–Kier alpha value is -4.08. The highest BCUT2D eigenvalue weighted by Gasteiger charge is 2.55. The van der Waals surface area contributed by atoms with E-state index >= 15 is 0 Å². The van der Waals surface area contributed by atoms with Gasteiger partial charge in [-0.2, -0.15) is 0 Å². The highest BCUT2D eigenvalue weighted by molar-refractivity contribution is 6.12. The molecule has 0 aliphatic carbocycles. The molecule has 0 spiro atoms. The molecule has 0 aromatic carbocycles. The van der Waals surface area contributed by atoms with Crippen LogP contribution in [0.25, 0.3) is 0 Å². The maximum absolute atomic E-state index is 13.6. The van der Waals surface area contributed by atoms with Crippen molar-refractivity contribution in [1.29, 1.82) is 0 Å². The van der Waals surface area contributed by atoms with Crippen LogP contribution in [0.3, 0.4) is 0 Å². The zero-order chi connectivity index (χ0) is 26.0. The number of aryl methyl sites for hydroxylation is 2. The Morgan fingerprint density at radius 3 is 2.56 bits per heavy atom. The third kappa shape index (κ3) is 4.84. The second-order valence-corrected chi connectivity index (χ2v) is 9.22. The first kappa shape index (κ1) is 25.0. The molecule has 36 heavy (non-hydrogen) atoms. The molecule has 3 atom stereocenters. The van der Waals surface area contributed by atoms with Crippen LogP contribution in [-0.4, -0.2) is 55.2 Å². The smallest absolute Gasteiger partial charge is 0.253 e. The molecule has 1 aliphatic heterocycles. The van der Waals surface area contributed by atoms with Gasteiger partial charge in [0.2, 0.25) is 17.8 Å². The number of nitrogens with zero attached hydrogens (tertiary/aromatic N) is 6. The van der Waals surface area contributed by atoms with Gasteiger partial charge in [-0.3, -0.25) is 29.2 Å². The molecule has 3 amide bonds. The number of imide groups is 1. The quantitative estimate of drug-likeness (QED) is 0.481. The predicted octanol–water partition coefficient (Wildman–Crippen LogP) is 2.24. The number of pyridine rings is 2. The van der Waals surface area contributed by atoms with Crippen LogP contribution in [0.1, 0.15) is 42.5 Å². The summed E-state index contributed by atoms with van der Waals surface area (Å²) in [6.07, 6.45) is 7.73. The Bertz CT molecular complexity index is 1270. The van der Waals surface area contributed by atoms with Gasteiger partial charge in [0.1, 0.15) is 11.9 Å². The number of nitrogens with two attached hydrogens (primary N) is 1. The minimum atomic E-state index is -0.935. The molecule has 0 unspecified atom stereocenters. The molecule has 1 aliphatic rings. The molecular weight excluding hydrogens is 458 g/mol. The standard InChI is InChI=1S/C26H31N7O3/c1-5-18(19-7-6-16(2)30-15-19)14-22(34)33-23(25(36)32(4)26-29-10-11-31(26)3)20(24(33)35)12-17-8-9-28-21(27)13-17/h6-11,13,15,18,20,23H,5,12,14H2,1-4H3,(H2,27,28)/t18-,20+,23-/m0/s1. The first-order chi connectivity index (χ1) is 17.2. The van der Waals surface area contributed by atoms with Gasteiger partial charge >= 0.3 is 0 Å². The Balaban J connectivity index is 1.60. The number of hydrogen-bond acceptors (Lipinski definition) is 7. The van der Waals surface area contributed by atoms with Crippen LogP contribution in [0.2, 0.25) is 0 Å². The van der Waals surface area contributed by atoms with Crippen LogP contribution >= 0.6 is 0 Å². The van der Waals surface area contributed by atoms with E-state index in [4.69, 9.17) is 5.73 Å². The van der Waals surface area contributed by atoms with Crippen LogP contribution < -0.4 is 10.6 Å².